The second-order valence-electron chi connectivity index (χ2n) is 6.11. The van der Waals surface area contributed by atoms with Gasteiger partial charge in [-0.1, -0.05) is 6.92 Å². The number of carbonyl (C=O) groups excluding carboxylic acids is 2. The van der Waals surface area contributed by atoms with Crippen LogP contribution in [0.4, 0.5) is 0 Å². The van der Waals surface area contributed by atoms with Crippen molar-refractivity contribution in [1.29, 1.82) is 0 Å². The summed E-state index contributed by atoms with van der Waals surface area (Å²) in [5.74, 6) is 1.18. The van der Waals surface area contributed by atoms with Crippen molar-refractivity contribution < 1.29 is 19.1 Å². The number of benzene rings is 1. The maximum atomic E-state index is 12.6. The standard InChI is InChI=1S/C17H22N2O4/c1-4-19-8-13(9-19)17(21)18(3)11(2)16(20)12-5-6-14-15(7-12)23-10-22-14/h5-7,11,13H,4,8-10H2,1-3H3/t11-/m0/s1. The molecule has 0 N–H and O–H groups in total. The number of rotatable bonds is 5. The maximum Gasteiger partial charge on any atom is 0.231 e. The fraction of sp³-hybridized carbons (Fsp3) is 0.529. The number of ether oxygens (including phenoxy) is 2. The van der Waals surface area contributed by atoms with Crippen LogP contribution in [0.5, 0.6) is 11.5 Å². The molecule has 1 aromatic carbocycles. The van der Waals surface area contributed by atoms with E-state index in [0.29, 0.717) is 17.1 Å². The third kappa shape index (κ3) is 2.91. The molecule has 6 nitrogen and oxygen atoms in total. The second kappa shape index (κ2) is 6.20. The van der Waals surface area contributed by atoms with Crippen LogP contribution in [0, 0.1) is 5.92 Å². The molecule has 3 rings (SSSR count). The van der Waals surface area contributed by atoms with Gasteiger partial charge in [0.25, 0.3) is 0 Å². The van der Waals surface area contributed by atoms with E-state index < -0.39 is 6.04 Å². The Morgan fingerprint density at radius 2 is 2.00 bits per heavy atom. The van der Waals surface area contributed by atoms with E-state index in [1.165, 1.54) is 0 Å². The highest BCUT2D eigenvalue weighted by Crippen LogP contribution is 2.33. The van der Waals surface area contributed by atoms with Gasteiger partial charge in [-0.25, -0.2) is 0 Å². The molecular weight excluding hydrogens is 296 g/mol. The molecular formula is C17H22N2O4. The Hall–Kier alpha value is -2.08. The van der Waals surface area contributed by atoms with Crippen molar-refractivity contribution in [1.82, 2.24) is 9.80 Å². The van der Waals surface area contributed by atoms with Gasteiger partial charge in [0.15, 0.2) is 17.3 Å². The van der Waals surface area contributed by atoms with Crippen molar-refractivity contribution >= 4 is 11.7 Å². The minimum atomic E-state index is -0.501. The van der Waals surface area contributed by atoms with Crippen molar-refractivity contribution in [3.8, 4) is 11.5 Å². The Balaban J connectivity index is 1.66. The molecule has 0 saturated carbocycles. The predicted molar refractivity (Wildman–Crippen MR) is 84.7 cm³/mol. The summed E-state index contributed by atoms with van der Waals surface area (Å²) in [6.07, 6.45) is 0. The van der Waals surface area contributed by atoms with Crippen LogP contribution in [-0.2, 0) is 4.79 Å². The van der Waals surface area contributed by atoms with Gasteiger partial charge in [0.1, 0.15) is 0 Å². The molecule has 1 atom stereocenters. The van der Waals surface area contributed by atoms with Gasteiger partial charge in [-0.3, -0.25) is 9.59 Å². The second-order valence-corrected chi connectivity index (χ2v) is 6.11. The van der Waals surface area contributed by atoms with Crippen LogP contribution < -0.4 is 9.47 Å². The van der Waals surface area contributed by atoms with E-state index >= 15 is 0 Å². The summed E-state index contributed by atoms with van der Waals surface area (Å²) in [5, 5.41) is 0. The SMILES string of the molecule is CCN1CC(C(=O)N(C)[C@@H](C)C(=O)c2ccc3c(c2)OCO3)C1. The molecule has 0 unspecified atom stereocenters. The quantitative estimate of drug-likeness (QED) is 0.768. The molecule has 0 aromatic heterocycles. The van der Waals surface area contributed by atoms with Crippen LogP contribution in [0.25, 0.3) is 0 Å². The average molecular weight is 318 g/mol. The first kappa shape index (κ1) is 15.8. The molecule has 1 fully saturated rings. The Morgan fingerprint density at radius 1 is 1.30 bits per heavy atom. The van der Waals surface area contributed by atoms with Crippen molar-refractivity contribution in [3.05, 3.63) is 23.8 Å². The summed E-state index contributed by atoms with van der Waals surface area (Å²) in [5.41, 5.74) is 0.533. The molecule has 0 aliphatic carbocycles. The first-order valence-corrected chi connectivity index (χ1v) is 7.94. The van der Waals surface area contributed by atoms with E-state index in [-0.39, 0.29) is 24.4 Å². The number of Topliss-reactive ketones (excluding diaryl/α,β-unsaturated/α-hetero) is 1. The lowest BCUT2D eigenvalue weighted by Gasteiger charge is -2.40. The molecule has 2 aliphatic rings. The van der Waals surface area contributed by atoms with Crippen LogP contribution in [0.15, 0.2) is 18.2 Å². The van der Waals surface area contributed by atoms with Gasteiger partial charge in [0, 0.05) is 25.7 Å². The highest BCUT2D eigenvalue weighted by Gasteiger charge is 2.36. The lowest BCUT2D eigenvalue weighted by Crippen LogP contribution is -2.55. The number of nitrogens with zero attached hydrogens (tertiary/aromatic N) is 2. The number of likely N-dealkylation sites (tertiary alicyclic amines) is 1. The summed E-state index contributed by atoms with van der Waals surface area (Å²) in [6.45, 7) is 6.54. The Bertz CT molecular complexity index is 625. The van der Waals surface area contributed by atoms with E-state index in [4.69, 9.17) is 9.47 Å². The molecule has 6 heteroatoms. The molecule has 0 radical (unpaired) electrons. The minimum Gasteiger partial charge on any atom is -0.454 e. The van der Waals surface area contributed by atoms with Crippen LogP contribution in [-0.4, -0.2) is 61.0 Å². The number of hydrogen-bond acceptors (Lipinski definition) is 5. The zero-order valence-electron chi connectivity index (χ0n) is 13.7. The highest BCUT2D eigenvalue weighted by molar-refractivity contribution is 6.02. The van der Waals surface area contributed by atoms with Gasteiger partial charge in [-0.2, -0.15) is 0 Å². The Labute approximate surface area is 136 Å². The molecule has 0 spiro atoms. The summed E-state index contributed by atoms with van der Waals surface area (Å²) in [7, 11) is 1.70. The third-order valence-electron chi connectivity index (χ3n) is 4.72. The average Bonchev–Trinajstić information content (AvgIpc) is 2.99. The van der Waals surface area contributed by atoms with E-state index in [1.54, 1.807) is 37.1 Å². The lowest BCUT2D eigenvalue weighted by atomic mass is 9.96. The predicted octanol–water partition coefficient (Wildman–Crippen LogP) is 1.40. The largest absolute Gasteiger partial charge is 0.454 e. The summed E-state index contributed by atoms with van der Waals surface area (Å²) in [6, 6.07) is 4.63. The summed E-state index contributed by atoms with van der Waals surface area (Å²) >= 11 is 0. The fourth-order valence-electron chi connectivity index (χ4n) is 2.93. The van der Waals surface area contributed by atoms with Gasteiger partial charge in [0.05, 0.1) is 12.0 Å². The van der Waals surface area contributed by atoms with Crippen LogP contribution >= 0.6 is 0 Å². The van der Waals surface area contributed by atoms with Crippen molar-refractivity contribution in [2.24, 2.45) is 5.92 Å². The number of carbonyl (C=O) groups is 2. The molecule has 124 valence electrons. The molecule has 1 amide bonds. The normalized spacial score (nSPS) is 18.4. The van der Waals surface area contributed by atoms with Crippen LogP contribution in [0.2, 0.25) is 0 Å². The van der Waals surface area contributed by atoms with Gasteiger partial charge >= 0.3 is 0 Å². The fourth-order valence-corrected chi connectivity index (χ4v) is 2.93. The van der Waals surface area contributed by atoms with Crippen molar-refractivity contribution in [2.75, 3.05) is 33.5 Å². The van der Waals surface area contributed by atoms with Crippen LogP contribution in [0.1, 0.15) is 24.2 Å². The number of amides is 1. The van der Waals surface area contributed by atoms with Crippen molar-refractivity contribution in [3.63, 3.8) is 0 Å². The van der Waals surface area contributed by atoms with Gasteiger partial charge < -0.3 is 19.3 Å². The number of likely N-dealkylation sites (N-methyl/N-ethyl adjacent to an activating group) is 1. The number of hydrogen-bond donors (Lipinski definition) is 0. The smallest absolute Gasteiger partial charge is 0.231 e. The topological polar surface area (TPSA) is 59.1 Å². The summed E-state index contributed by atoms with van der Waals surface area (Å²) in [4.78, 5) is 28.9. The van der Waals surface area contributed by atoms with Gasteiger partial charge in [-0.05, 0) is 31.7 Å². The zero-order valence-corrected chi connectivity index (χ0v) is 13.7. The Kier molecular flexibility index (Phi) is 4.26. The van der Waals surface area contributed by atoms with E-state index in [2.05, 4.69) is 11.8 Å². The van der Waals surface area contributed by atoms with Gasteiger partial charge in [-0.15, -0.1) is 0 Å². The Morgan fingerprint density at radius 3 is 2.70 bits per heavy atom. The number of fused-ring (bicyclic) bond motifs is 1. The molecule has 2 heterocycles. The molecule has 1 aromatic rings. The van der Waals surface area contributed by atoms with E-state index in [1.807, 2.05) is 0 Å². The van der Waals surface area contributed by atoms with Crippen molar-refractivity contribution in [2.45, 2.75) is 19.9 Å². The molecule has 23 heavy (non-hydrogen) atoms. The number of ketones is 1. The minimum absolute atomic E-state index is 0.00644. The van der Waals surface area contributed by atoms with E-state index in [0.717, 1.165) is 19.6 Å². The highest BCUT2D eigenvalue weighted by atomic mass is 16.7. The zero-order chi connectivity index (χ0) is 16.6. The molecule has 0 bridgehead atoms. The third-order valence-corrected chi connectivity index (χ3v) is 4.72. The summed E-state index contributed by atoms with van der Waals surface area (Å²) < 4.78 is 10.6. The lowest BCUT2D eigenvalue weighted by molar-refractivity contribution is -0.140. The molecule has 1 saturated heterocycles. The van der Waals surface area contributed by atoms with E-state index in [9.17, 15) is 9.59 Å². The molecule has 2 aliphatic heterocycles. The maximum absolute atomic E-state index is 12.6. The first-order chi connectivity index (χ1) is 11.0. The van der Waals surface area contributed by atoms with Crippen LogP contribution in [0.3, 0.4) is 0 Å². The monoisotopic (exact) mass is 318 g/mol. The van der Waals surface area contributed by atoms with Gasteiger partial charge in [0.2, 0.25) is 12.7 Å². The first-order valence-electron chi connectivity index (χ1n) is 7.94.